The van der Waals surface area contributed by atoms with Crippen molar-refractivity contribution >= 4 is 23.4 Å². The molecule has 1 aliphatic heterocycles. The number of hydrogen-bond acceptors (Lipinski definition) is 4. The summed E-state index contributed by atoms with van der Waals surface area (Å²) in [6.07, 6.45) is 1.25. The van der Waals surface area contributed by atoms with Crippen LogP contribution in [-0.4, -0.2) is 48.9 Å². The van der Waals surface area contributed by atoms with Crippen molar-refractivity contribution in [2.45, 2.75) is 25.3 Å². The molecule has 0 radical (unpaired) electrons. The summed E-state index contributed by atoms with van der Waals surface area (Å²) in [5, 5.41) is 5.36. The van der Waals surface area contributed by atoms with E-state index in [9.17, 15) is 18.8 Å². The molecule has 7 nitrogen and oxygen atoms in total. The van der Waals surface area contributed by atoms with Crippen molar-refractivity contribution in [1.82, 2.24) is 10.2 Å². The minimum Gasteiger partial charge on any atom is -0.497 e. The lowest BCUT2D eigenvalue weighted by Gasteiger charge is -2.24. The third-order valence-corrected chi connectivity index (χ3v) is 4.92. The lowest BCUT2D eigenvalue weighted by molar-refractivity contribution is -0.137. The molecule has 2 aromatic rings. The SMILES string of the molecule is COc1ccc(NC(=O)C2CCCN2C(=O)CNC(=O)Cc2cccc(F)c2)cc1. The lowest BCUT2D eigenvalue weighted by atomic mass is 10.1. The van der Waals surface area contributed by atoms with Gasteiger partial charge in [0.15, 0.2) is 0 Å². The number of hydrogen-bond donors (Lipinski definition) is 2. The number of carbonyl (C=O) groups is 3. The molecule has 1 atom stereocenters. The van der Waals surface area contributed by atoms with E-state index in [1.54, 1.807) is 37.4 Å². The Morgan fingerprint density at radius 3 is 2.63 bits per heavy atom. The van der Waals surface area contributed by atoms with Gasteiger partial charge in [0.1, 0.15) is 17.6 Å². The van der Waals surface area contributed by atoms with E-state index in [4.69, 9.17) is 4.74 Å². The predicted octanol–water partition coefficient (Wildman–Crippen LogP) is 2.12. The fraction of sp³-hybridized carbons (Fsp3) is 0.318. The van der Waals surface area contributed by atoms with Crippen molar-refractivity contribution in [3.05, 3.63) is 59.9 Å². The van der Waals surface area contributed by atoms with Gasteiger partial charge in [0, 0.05) is 12.2 Å². The maximum atomic E-state index is 13.2. The first-order valence-electron chi connectivity index (χ1n) is 9.72. The van der Waals surface area contributed by atoms with E-state index >= 15 is 0 Å². The lowest BCUT2D eigenvalue weighted by Crippen LogP contribution is -2.47. The van der Waals surface area contributed by atoms with Gasteiger partial charge in [0.25, 0.3) is 0 Å². The molecule has 8 heteroatoms. The van der Waals surface area contributed by atoms with Gasteiger partial charge in [0.2, 0.25) is 17.7 Å². The van der Waals surface area contributed by atoms with Crippen LogP contribution in [0.2, 0.25) is 0 Å². The summed E-state index contributed by atoms with van der Waals surface area (Å²) in [7, 11) is 1.56. The van der Waals surface area contributed by atoms with Crippen LogP contribution in [0.5, 0.6) is 5.75 Å². The summed E-state index contributed by atoms with van der Waals surface area (Å²) < 4.78 is 18.3. The van der Waals surface area contributed by atoms with E-state index in [-0.39, 0.29) is 30.7 Å². The number of benzene rings is 2. The van der Waals surface area contributed by atoms with Crippen molar-refractivity contribution in [3.8, 4) is 5.75 Å². The molecule has 0 aliphatic carbocycles. The van der Waals surface area contributed by atoms with Crippen molar-refractivity contribution in [2.24, 2.45) is 0 Å². The molecule has 2 N–H and O–H groups in total. The van der Waals surface area contributed by atoms with Gasteiger partial charge >= 0.3 is 0 Å². The molecule has 1 saturated heterocycles. The Morgan fingerprint density at radius 2 is 1.93 bits per heavy atom. The zero-order chi connectivity index (χ0) is 21.5. The minimum absolute atomic E-state index is 0.0214. The smallest absolute Gasteiger partial charge is 0.247 e. The second-order valence-electron chi connectivity index (χ2n) is 7.05. The van der Waals surface area contributed by atoms with E-state index in [1.807, 2.05) is 0 Å². The Labute approximate surface area is 174 Å². The van der Waals surface area contributed by atoms with Gasteiger partial charge in [-0.25, -0.2) is 4.39 Å². The molecule has 0 bridgehead atoms. The predicted molar refractivity (Wildman–Crippen MR) is 109 cm³/mol. The molecule has 0 saturated carbocycles. The number of carbonyl (C=O) groups excluding carboxylic acids is 3. The topological polar surface area (TPSA) is 87.7 Å². The highest BCUT2D eigenvalue weighted by Gasteiger charge is 2.34. The van der Waals surface area contributed by atoms with E-state index in [2.05, 4.69) is 10.6 Å². The van der Waals surface area contributed by atoms with Gasteiger partial charge in [-0.15, -0.1) is 0 Å². The highest BCUT2D eigenvalue weighted by atomic mass is 19.1. The van der Waals surface area contributed by atoms with Crippen LogP contribution in [0.15, 0.2) is 48.5 Å². The number of ether oxygens (including phenoxy) is 1. The fourth-order valence-corrected chi connectivity index (χ4v) is 3.41. The van der Waals surface area contributed by atoms with E-state index in [0.29, 0.717) is 36.4 Å². The number of nitrogens with zero attached hydrogens (tertiary/aromatic N) is 1. The van der Waals surface area contributed by atoms with Crippen molar-refractivity contribution in [1.29, 1.82) is 0 Å². The summed E-state index contributed by atoms with van der Waals surface area (Å²) in [5.74, 6) is -0.710. The molecule has 2 aromatic carbocycles. The number of rotatable bonds is 7. The molecule has 0 spiro atoms. The molecule has 1 unspecified atom stereocenters. The average molecular weight is 413 g/mol. The molecule has 30 heavy (non-hydrogen) atoms. The largest absolute Gasteiger partial charge is 0.497 e. The van der Waals surface area contributed by atoms with Crippen molar-refractivity contribution in [3.63, 3.8) is 0 Å². The van der Waals surface area contributed by atoms with E-state index < -0.39 is 11.9 Å². The Morgan fingerprint density at radius 1 is 1.17 bits per heavy atom. The van der Waals surface area contributed by atoms with Crippen molar-refractivity contribution in [2.75, 3.05) is 25.5 Å². The maximum absolute atomic E-state index is 13.2. The summed E-state index contributed by atoms with van der Waals surface area (Å²) >= 11 is 0. The zero-order valence-electron chi connectivity index (χ0n) is 16.7. The Hall–Kier alpha value is -3.42. The van der Waals surface area contributed by atoms with Gasteiger partial charge in [-0.05, 0) is 54.8 Å². The molecule has 1 fully saturated rings. The van der Waals surface area contributed by atoms with Gasteiger partial charge in [-0.1, -0.05) is 12.1 Å². The van der Waals surface area contributed by atoms with Crippen LogP contribution < -0.4 is 15.4 Å². The average Bonchev–Trinajstić information content (AvgIpc) is 3.23. The molecule has 1 aliphatic rings. The second kappa shape index (κ2) is 9.87. The van der Waals surface area contributed by atoms with Crippen LogP contribution >= 0.6 is 0 Å². The summed E-state index contributed by atoms with van der Waals surface area (Å²) in [6.45, 7) is 0.250. The third-order valence-electron chi connectivity index (χ3n) is 4.92. The monoisotopic (exact) mass is 413 g/mol. The molecule has 3 amide bonds. The summed E-state index contributed by atoms with van der Waals surface area (Å²) in [4.78, 5) is 38.7. The molecular formula is C22H24FN3O4. The van der Waals surface area contributed by atoms with Gasteiger partial charge < -0.3 is 20.3 Å². The Balaban J connectivity index is 1.51. The Kier molecular flexibility index (Phi) is 7.00. The first-order chi connectivity index (χ1) is 14.5. The third kappa shape index (κ3) is 5.56. The molecule has 0 aromatic heterocycles. The molecule has 3 rings (SSSR count). The highest BCUT2D eigenvalue weighted by Crippen LogP contribution is 2.20. The molecule has 1 heterocycles. The van der Waals surface area contributed by atoms with Crippen LogP contribution in [0.25, 0.3) is 0 Å². The number of nitrogens with one attached hydrogen (secondary N) is 2. The van der Waals surface area contributed by atoms with Crippen LogP contribution in [0.3, 0.4) is 0 Å². The van der Waals surface area contributed by atoms with Crippen LogP contribution in [0, 0.1) is 5.82 Å². The first kappa shape index (κ1) is 21.3. The summed E-state index contributed by atoms with van der Waals surface area (Å²) in [6, 6.07) is 12.1. The normalized spacial score (nSPS) is 15.5. The number of methoxy groups -OCH3 is 1. The maximum Gasteiger partial charge on any atom is 0.247 e. The van der Waals surface area contributed by atoms with Crippen LogP contribution in [-0.2, 0) is 20.8 Å². The fourth-order valence-electron chi connectivity index (χ4n) is 3.41. The highest BCUT2D eigenvalue weighted by molar-refractivity contribution is 5.98. The number of amides is 3. The molecular weight excluding hydrogens is 389 g/mol. The van der Waals surface area contributed by atoms with E-state index in [0.717, 1.165) is 0 Å². The standard InChI is InChI=1S/C22H24FN3O4/c1-30-18-9-7-17(8-10-18)25-22(29)19-6-3-11-26(19)21(28)14-24-20(27)13-15-4-2-5-16(23)12-15/h2,4-5,7-10,12,19H,3,6,11,13-14H2,1H3,(H,24,27)(H,25,29). The van der Waals surface area contributed by atoms with Gasteiger partial charge in [-0.2, -0.15) is 0 Å². The summed E-state index contributed by atoms with van der Waals surface area (Å²) in [5.41, 5.74) is 1.14. The first-order valence-corrected chi connectivity index (χ1v) is 9.72. The van der Waals surface area contributed by atoms with Crippen LogP contribution in [0.1, 0.15) is 18.4 Å². The van der Waals surface area contributed by atoms with E-state index in [1.165, 1.54) is 23.1 Å². The number of halogens is 1. The number of anilines is 1. The molecule has 158 valence electrons. The Bertz CT molecular complexity index is 917. The van der Waals surface area contributed by atoms with Crippen LogP contribution in [0.4, 0.5) is 10.1 Å². The van der Waals surface area contributed by atoms with Gasteiger partial charge in [-0.3, -0.25) is 14.4 Å². The number of likely N-dealkylation sites (tertiary alicyclic amines) is 1. The minimum atomic E-state index is -0.584. The quantitative estimate of drug-likeness (QED) is 0.728. The zero-order valence-corrected chi connectivity index (χ0v) is 16.7. The van der Waals surface area contributed by atoms with Crippen molar-refractivity contribution < 1.29 is 23.5 Å². The van der Waals surface area contributed by atoms with Gasteiger partial charge in [0.05, 0.1) is 20.1 Å². The second-order valence-corrected chi connectivity index (χ2v) is 7.05.